The first-order valence-electron chi connectivity index (χ1n) is 5.78. The van der Waals surface area contributed by atoms with Crippen molar-refractivity contribution in [3.8, 4) is 0 Å². The number of piperazine rings is 1. The van der Waals surface area contributed by atoms with E-state index in [1.807, 2.05) is 4.90 Å². The highest BCUT2D eigenvalue weighted by atomic mass is 35.5. The van der Waals surface area contributed by atoms with Gasteiger partial charge in [-0.15, -0.1) is 0 Å². The summed E-state index contributed by atoms with van der Waals surface area (Å²) in [7, 11) is 0. The Balaban J connectivity index is 2.28. The number of rotatable bonds is 3. The largest absolute Gasteiger partial charge is 0.368 e. The lowest BCUT2D eigenvalue weighted by atomic mass is 10.0. The van der Waals surface area contributed by atoms with Crippen LogP contribution in [0.5, 0.6) is 0 Å². The fourth-order valence-electron chi connectivity index (χ4n) is 2.18. The highest BCUT2D eigenvalue weighted by Crippen LogP contribution is 2.25. The molecule has 1 heterocycles. The van der Waals surface area contributed by atoms with Gasteiger partial charge in [-0.2, -0.15) is 0 Å². The van der Waals surface area contributed by atoms with Crippen molar-refractivity contribution < 1.29 is 9.18 Å². The van der Waals surface area contributed by atoms with Crippen LogP contribution in [0.3, 0.4) is 0 Å². The van der Waals surface area contributed by atoms with Gasteiger partial charge in [-0.1, -0.05) is 17.7 Å². The van der Waals surface area contributed by atoms with Crippen LogP contribution in [0.1, 0.15) is 11.6 Å². The summed E-state index contributed by atoms with van der Waals surface area (Å²) in [5.74, 6) is -0.941. The second-order valence-electron chi connectivity index (χ2n) is 4.26. The van der Waals surface area contributed by atoms with Crippen molar-refractivity contribution in [2.45, 2.75) is 6.04 Å². The molecule has 0 spiro atoms. The number of carbonyl (C=O) groups excluding carboxylic acids is 1. The third-order valence-electron chi connectivity index (χ3n) is 3.05. The van der Waals surface area contributed by atoms with Crippen molar-refractivity contribution in [3.63, 3.8) is 0 Å². The number of halogens is 2. The van der Waals surface area contributed by atoms with E-state index in [4.69, 9.17) is 17.3 Å². The average molecular weight is 272 g/mol. The number of hydrogen-bond acceptors (Lipinski definition) is 3. The third kappa shape index (κ3) is 2.80. The minimum absolute atomic E-state index is 0.00823. The highest BCUT2D eigenvalue weighted by molar-refractivity contribution is 6.30. The molecule has 2 rings (SSSR count). The van der Waals surface area contributed by atoms with Crippen LogP contribution in [-0.2, 0) is 4.79 Å². The molecule has 1 aromatic carbocycles. The van der Waals surface area contributed by atoms with Crippen molar-refractivity contribution in [1.29, 1.82) is 0 Å². The van der Waals surface area contributed by atoms with Gasteiger partial charge < -0.3 is 11.1 Å². The third-order valence-corrected chi connectivity index (χ3v) is 3.34. The van der Waals surface area contributed by atoms with E-state index in [9.17, 15) is 9.18 Å². The molecule has 1 saturated heterocycles. The van der Waals surface area contributed by atoms with Gasteiger partial charge in [0.2, 0.25) is 5.91 Å². The van der Waals surface area contributed by atoms with Crippen molar-refractivity contribution >= 4 is 17.5 Å². The summed E-state index contributed by atoms with van der Waals surface area (Å²) in [6.45, 7) is 3.06. The van der Waals surface area contributed by atoms with Crippen molar-refractivity contribution in [2.75, 3.05) is 26.2 Å². The lowest BCUT2D eigenvalue weighted by molar-refractivity contribution is -0.123. The van der Waals surface area contributed by atoms with E-state index in [-0.39, 0.29) is 5.02 Å². The smallest absolute Gasteiger partial charge is 0.239 e. The topological polar surface area (TPSA) is 58.4 Å². The van der Waals surface area contributed by atoms with Crippen LogP contribution >= 0.6 is 11.6 Å². The fourth-order valence-corrected chi connectivity index (χ4v) is 2.37. The van der Waals surface area contributed by atoms with Crippen molar-refractivity contribution in [2.24, 2.45) is 5.73 Å². The van der Waals surface area contributed by atoms with E-state index in [1.54, 1.807) is 6.07 Å². The summed E-state index contributed by atoms with van der Waals surface area (Å²) in [5, 5.41) is 3.21. The molecule has 3 N–H and O–H groups in total. The standard InChI is InChI=1S/C12H15ClFN3O/c13-9-7-8(1-2-10(9)14)11(12(15)18)17-5-3-16-4-6-17/h1-2,7,11,16H,3-6H2,(H2,15,18). The average Bonchev–Trinajstić information content (AvgIpc) is 2.35. The quantitative estimate of drug-likeness (QED) is 0.859. The maximum Gasteiger partial charge on any atom is 0.239 e. The molecule has 1 unspecified atom stereocenters. The van der Waals surface area contributed by atoms with Crippen LogP contribution in [0, 0.1) is 5.82 Å². The Hall–Kier alpha value is -1.17. The predicted molar refractivity (Wildman–Crippen MR) is 67.8 cm³/mol. The molecule has 1 amide bonds. The molecule has 1 aliphatic rings. The number of primary amides is 1. The zero-order chi connectivity index (χ0) is 13.1. The Bertz CT molecular complexity index is 449. The fraction of sp³-hybridized carbons (Fsp3) is 0.417. The van der Waals surface area contributed by atoms with Crippen LogP contribution in [0.15, 0.2) is 18.2 Å². The van der Waals surface area contributed by atoms with E-state index >= 15 is 0 Å². The Kier molecular flexibility index (Phi) is 4.16. The summed E-state index contributed by atoms with van der Waals surface area (Å²) in [6, 6.07) is 3.73. The summed E-state index contributed by atoms with van der Waals surface area (Å²) in [5.41, 5.74) is 6.08. The van der Waals surface area contributed by atoms with Crippen LogP contribution in [0.25, 0.3) is 0 Å². The molecule has 1 aromatic rings. The van der Waals surface area contributed by atoms with E-state index in [1.165, 1.54) is 12.1 Å². The Morgan fingerprint density at radius 3 is 2.67 bits per heavy atom. The lowest BCUT2D eigenvalue weighted by Gasteiger charge is -2.33. The van der Waals surface area contributed by atoms with E-state index < -0.39 is 17.8 Å². The second kappa shape index (κ2) is 5.65. The van der Waals surface area contributed by atoms with Gasteiger partial charge in [0.05, 0.1) is 5.02 Å². The zero-order valence-corrected chi connectivity index (χ0v) is 10.6. The Labute approximate surface area is 110 Å². The zero-order valence-electron chi connectivity index (χ0n) is 9.83. The molecule has 1 atom stereocenters. The summed E-state index contributed by atoms with van der Waals surface area (Å²) < 4.78 is 13.1. The van der Waals surface area contributed by atoms with Crippen LogP contribution in [0.2, 0.25) is 5.02 Å². The maximum atomic E-state index is 13.1. The molecule has 1 aliphatic heterocycles. The first-order valence-corrected chi connectivity index (χ1v) is 6.16. The van der Waals surface area contributed by atoms with Crippen LogP contribution in [-0.4, -0.2) is 37.0 Å². The van der Waals surface area contributed by atoms with Gasteiger partial charge in [0.15, 0.2) is 0 Å². The molecule has 98 valence electrons. The molecular weight excluding hydrogens is 257 g/mol. The molecular formula is C12H15ClFN3O. The monoisotopic (exact) mass is 271 g/mol. The summed E-state index contributed by atoms with van der Waals surface area (Å²) >= 11 is 5.74. The van der Waals surface area contributed by atoms with Gasteiger partial charge in [-0.3, -0.25) is 9.69 Å². The normalized spacial score (nSPS) is 18.6. The maximum absolute atomic E-state index is 13.1. The van der Waals surface area contributed by atoms with E-state index in [0.717, 1.165) is 26.2 Å². The van der Waals surface area contributed by atoms with Gasteiger partial charge in [0.25, 0.3) is 0 Å². The SMILES string of the molecule is NC(=O)C(c1ccc(F)c(Cl)c1)N1CCNCC1. The first-order chi connectivity index (χ1) is 8.59. The van der Waals surface area contributed by atoms with Crippen molar-refractivity contribution in [1.82, 2.24) is 10.2 Å². The van der Waals surface area contributed by atoms with Gasteiger partial charge in [0.1, 0.15) is 11.9 Å². The number of nitrogens with zero attached hydrogens (tertiary/aromatic N) is 1. The molecule has 0 bridgehead atoms. The number of nitrogens with two attached hydrogens (primary N) is 1. The van der Waals surface area contributed by atoms with Gasteiger partial charge in [-0.25, -0.2) is 4.39 Å². The molecule has 0 radical (unpaired) electrons. The summed E-state index contributed by atoms with van der Waals surface area (Å²) in [4.78, 5) is 13.6. The molecule has 6 heteroatoms. The highest BCUT2D eigenvalue weighted by Gasteiger charge is 2.27. The van der Waals surface area contributed by atoms with Crippen LogP contribution in [0.4, 0.5) is 4.39 Å². The predicted octanol–water partition coefficient (Wildman–Crippen LogP) is 0.911. The van der Waals surface area contributed by atoms with Gasteiger partial charge in [0, 0.05) is 26.2 Å². The molecule has 1 fully saturated rings. The number of hydrogen-bond donors (Lipinski definition) is 2. The van der Waals surface area contributed by atoms with Crippen molar-refractivity contribution in [3.05, 3.63) is 34.6 Å². The molecule has 0 aliphatic carbocycles. The minimum atomic E-state index is -0.551. The first kappa shape index (κ1) is 13.3. The molecule has 0 aromatic heterocycles. The van der Waals surface area contributed by atoms with Gasteiger partial charge in [-0.05, 0) is 17.7 Å². The van der Waals surface area contributed by atoms with E-state index in [0.29, 0.717) is 5.56 Å². The molecule has 0 saturated carbocycles. The molecule has 4 nitrogen and oxygen atoms in total. The lowest BCUT2D eigenvalue weighted by Crippen LogP contribution is -2.48. The Morgan fingerprint density at radius 1 is 1.44 bits per heavy atom. The number of nitrogens with one attached hydrogen (secondary N) is 1. The molecule has 18 heavy (non-hydrogen) atoms. The summed E-state index contributed by atoms with van der Waals surface area (Å²) in [6.07, 6.45) is 0. The number of carbonyl (C=O) groups is 1. The number of benzene rings is 1. The minimum Gasteiger partial charge on any atom is -0.368 e. The van der Waals surface area contributed by atoms with Gasteiger partial charge >= 0.3 is 0 Å². The second-order valence-corrected chi connectivity index (χ2v) is 4.67. The van der Waals surface area contributed by atoms with Crippen LogP contribution < -0.4 is 11.1 Å². The Morgan fingerprint density at radius 2 is 2.11 bits per heavy atom. The number of amides is 1. The van der Waals surface area contributed by atoms with E-state index in [2.05, 4.69) is 5.32 Å².